The molecular weight excluding hydrogens is 232 g/mol. The minimum absolute atomic E-state index is 0.441. The molecular formula is C14H18S2. The molecule has 1 saturated heterocycles. The molecule has 1 aliphatic heterocycles. The molecule has 0 aliphatic carbocycles. The molecule has 0 bridgehead atoms. The predicted molar refractivity (Wildman–Crippen MR) is 78.0 cm³/mol. The van der Waals surface area contributed by atoms with Crippen molar-refractivity contribution < 1.29 is 0 Å². The van der Waals surface area contributed by atoms with E-state index in [2.05, 4.69) is 79.9 Å². The molecule has 1 aromatic carbocycles. The lowest BCUT2D eigenvalue weighted by molar-refractivity contribution is 0.686. The molecule has 1 heterocycles. The van der Waals surface area contributed by atoms with Crippen molar-refractivity contribution in [3.63, 3.8) is 0 Å². The Morgan fingerprint density at radius 1 is 1.25 bits per heavy atom. The molecule has 1 fully saturated rings. The topological polar surface area (TPSA) is 0 Å². The van der Waals surface area contributed by atoms with Gasteiger partial charge in [-0.05, 0) is 17.7 Å². The van der Waals surface area contributed by atoms with E-state index in [0.29, 0.717) is 9.33 Å². The molecule has 1 aliphatic rings. The third-order valence-electron chi connectivity index (χ3n) is 2.67. The molecule has 0 N–H and O–H groups in total. The summed E-state index contributed by atoms with van der Waals surface area (Å²) >= 11 is 4.14. The Balaban J connectivity index is 1.97. The predicted octanol–water partition coefficient (Wildman–Crippen LogP) is 4.67. The maximum Gasteiger partial charge on any atom is 0.0690 e. The maximum atomic E-state index is 2.35. The quantitative estimate of drug-likeness (QED) is 0.748. The van der Waals surface area contributed by atoms with Crippen molar-refractivity contribution in [3.05, 3.63) is 42.0 Å². The first-order valence-corrected chi connectivity index (χ1v) is 7.61. The summed E-state index contributed by atoms with van der Waals surface area (Å²) in [4.78, 5) is 0. The first-order valence-electron chi connectivity index (χ1n) is 5.68. The maximum absolute atomic E-state index is 2.35. The van der Waals surface area contributed by atoms with E-state index in [1.54, 1.807) is 0 Å². The summed E-state index contributed by atoms with van der Waals surface area (Å²) in [5.41, 5.74) is 1.30. The fourth-order valence-electron chi connectivity index (χ4n) is 1.68. The minimum Gasteiger partial charge on any atom is -0.143 e. The van der Waals surface area contributed by atoms with Crippen LogP contribution in [0.3, 0.4) is 0 Å². The summed E-state index contributed by atoms with van der Waals surface area (Å²) in [6.45, 7) is 4.70. The summed E-state index contributed by atoms with van der Waals surface area (Å²) in [5, 5.41) is 0. The Kier molecular flexibility index (Phi) is 4.04. The summed E-state index contributed by atoms with van der Waals surface area (Å²) in [5.74, 6) is 1.28. The Labute approximate surface area is 107 Å². The molecule has 0 spiro atoms. The van der Waals surface area contributed by atoms with Crippen LogP contribution in [0.4, 0.5) is 0 Å². The van der Waals surface area contributed by atoms with Crippen molar-refractivity contribution in [2.45, 2.75) is 29.6 Å². The molecule has 0 amide bonds. The molecule has 16 heavy (non-hydrogen) atoms. The highest BCUT2D eigenvalue weighted by molar-refractivity contribution is 8.18. The molecule has 2 heteroatoms. The second-order valence-electron chi connectivity index (χ2n) is 4.64. The van der Waals surface area contributed by atoms with Crippen molar-refractivity contribution in [3.8, 4) is 0 Å². The monoisotopic (exact) mass is 250 g/mol. The fourth-order valence-corrected chi connectivity index (χ4v) is 5.20. The van der Waals surface area contributed by atoms with Crippen LogP contribution in [0, 0.1) is 0 Å². The smallest absolute Gasteiger partial charge is 0.0690 e. The zero-order valence-corrected chi connectivity index (χ0v) is 11.5. The van der Waals surface area contributed by atoms with Crippen LogP contribution in [0.2, 0.25) is 0 Å². The molecule has 0 nitrogen and oxygen atoms in total. The number of rotatable bonds is 2. The second kappa shape index (κ2) is 5.33. The van der Waals surface area contributed by atoms with Crippen LogP contribution in [-0.2, 0) is 0 Å². The minimum atomic E-state index is 0.441. The fraction of sp³-hybridized carbons (Fsp3) is 0.429. The summed E-state index contributed by atoms with van der Waals surface area (Å²) < 4.78 is 1.06. The average molecular weight is 250 g/mol. The van der Waals surface area contributed by atoms with E-state index in [1.807, 2.05) is 0 Å². The van der Waals surface area contributed by atoms with Gasteiger partial charge in [0.25, 0.3) is 0 Å². The van der Waals surface area contributed by atoms with Gasteiger partial charge in [-0.1, -0.05) is 56.3 Å². The average Bonchev–Trinajstić information content (AvgIpc) is 2.27. The highest BCUT2D eigenvalue weighted by Gasteiger charge is 2.27. The van der Waals surface area contributed by atoms with Gasteiger partial charge in [0, 0.05) is 4.75 Å². The van der Waals surface area contributed by atoms with E-state index in [-0.39, 0.29) is 0 Å². The molecule has 0 unspecified atom stereocenters. The van der Waals surface area contributed by atoms with Gasteiger partial charge in [-0.3, -0.25) is 0 Å². The highest BCUT2D eigenvalue weighted by atomic mass is 32.2. The Morgan fingerprint density at radius 3 is 2.69 bits per heavy atom. The Bertz CT molecular complexity index is 354. The second-order valence-corrected chi connectivity index (χ2v) is 8.03. The Hall–Kier alpha value is -0.340. The van der Waals surface area contributed by atoms with Gasteiger partial charge in [-0.2, -0.15) is 0 Å². The van der Waals surface area contributed by atoms with Crippen LogP contribution >= 0.6 is 23.5 Å². The molecule has 0 radical (unpaired) electrons. The molecule has 2 rings (SSSR count). The van der Waals surface area contributed by atoms with Crippen LogP contribution < -0.4 is 0 Å². The van der Waals surface area contributed by atoms with Crippen LogP contribution in [0.1, 0.15) is 25.8 Å². The van der Waals surface area contributed by atoms with Gasteiger partial charge in [0.05, 0.1) is 4.58 Å². The lowest BCUT2D eigenvalue weighted by Gasteiger charge is -2.32. The van der Waals surface area contributed by atoms with Crippen molar-refractivity contribution in [1.82, 2.24) is 0 Å². The molecule has 1 atom stereocenters. The number of hydrogen-bond donors (Lipinski definition) is 0. The van der Waals surface area contributed by atoms with E-state index >= 15 is 0 Å². The van der Waals surface area contributed by atoms with Gasteiger partial charge < -0.3 is 0 Å². The molecule has 1 aromatic rings. The van der Waals surface area contributed by atoms with E-state index in [1.165, 1.54) is 17.7 Å². The highest BCUT2D eigenvalue weighted by Crippen LogP contribution is 2.43. The molecule has 0 aromatic heterocycles. The number of thioether (sulfide) groups is 2. The van der Waals surface area contributed by atoms with Crippen molar-refractivity contribution in [1.29, 1.82) is 0 Å². The van der Waals surface area contributed by atoms with Gasteiger partial charge in [0.1, 0.15) is 0 Å². The van der Waals surface area contributed by atoms with E-state index in [9.17, 15) is 0 Å². The third-order valence-corrected chi connectivity index (χ3v) is 5.52. The van der Waals surface area contributed by atoms with Crippen molar-refractivity contribution in [2.75, 3.05) is 5.75 Å². The van der Waals surface area contributed by atoms with Gasteiger partial charge in [-0.15, -0.1) is 23.5 Å². The summed E-state index contributed by atoms with van der Waals surface area (Å²) in [6.07, 6.45) is 5.90. The van der Waals surface area contributed by atoms with E-state index in [0.717, 1.165) is 0 Å². The van der Waals surface area contributed by atoms with E-state index < -0.39 is 0 Å². The van der Waals surface area contributed by atoms with Crippen LogP contribution in [0.25, 0.3) is 6.08 Å². The number of benzene rings is 1. The lowest BCUT2D eigenvalue weighted by Crippen LogP contribution is -2.23. The molecule has 86 valence electrons. The lowest BCUT2D eigenvalue weighted by atomic mass is 10.1. The van der Waals surface area contributed by atoms with Gasteiger partial charge in [0.15, 0.2) is 0 Å². The Morgan fingerprint density at radius 2 is 2.00 bits per heavy atom. The van der Waals surface area contributed by atoms with Crippen LogP contribution in [0.15, 0.2) is 36.4 Å². The molecule has 0 saturated carbocycles. The van der Waals surface area contributed by atoms with Gasteiger partial charge in [0.2, 0.25) is 0 Å². The van der Waals surface area contributed by atoms with Crippen LogP contribution in [-0.4, -0.2) is 15.1 Å². The first-order chi connectivity index (χ1) is 7.66. The van der Waals surface area contributed by atoms with E-state index in [4.69, 9.17) is 0 Å². The van der Waals surface area contributed by atoms with Crippen molar-refractivity contribution >= 4 is 29.6 Å². The summed E-state index contributed by atoms with van der Waals surface area (Å²) in [7, 11) is 0. The van der Waals surface area contributed by atoms with Crippen LogP contribution in [0.5, 0.6) is 0 Å². The normalized spacial score (nSPS) is 24.8. The zero-order chi connectivity index (χ0) is 11.4. The van der Waals surface area contributed by atoms with Gasteiger partial charge >= 0.3 is 0 Å². The van der Waals surface area contributed by atoms with Gasteiger partial charge in [-0.25, -0.2) is 0 Å². The largest absolute Gasteiger partial charge is 0.143 e. The standard InChI is InChI=1S/C14H18S2/c1-14(2)10-11-15-13(16-14)9-8-12-6-4-3-5-7-12/h3-9,13H,10-11H2,1-2H3/b9-8+/t13-/m0/s1. The first kappa shape index (κ1) is 12.1. The third kappa shape index (κ3) is 3.60. The van der Waals surface area contributed by atoms with Crippen molar-refractivity contribution in [2.24, 2.45) is 0 Å². The zero-order valence-electron chi connectivity index (χ0n) is 9.85. The summed E-state index contributed by atoms with van der Waals surface area (Å²) in [6, 6.07) is 10.5. The number of hydrogen-bond acceptors (Lipinski definition) is 2. The SMILES string of the molecule is CC1(C)CCS[C@H](/C=C/c2ccccc2)S1.